The lowest BCUT2D eigenvalue weighted by atomic mass is 10.0. The fourth-order valence-corrected chi connectivity index (χ4v) is 3.11. The number of aliphatic hydroxyl groups excluding tert-OH is 2. The summed E-state index contributed by atoms with van der Waals surface area (Å²) in [6, 6.07) is 0. The van der Waals surface area contributed by atoms with E-state index in [1.807, 2.05) is 0 Å². The maximum absolute atomic E-state index is 10.2. The zero-order valence-electron chi connectivity index (χ0n) is 17.9. The van der Waals surface area contributed by atoms with Crippen LogP contribution in [0.3, 0.4) is 0 Å². The van der Waals surface area contributed by atoms with E-state index in [0.29, 0.717) is 19.5 Å². The van der Waals surface area contributed by atoms with E-state index in [4.69, 9.17) is 10.2 Å². The first-order chi connectivity index (χ1) is 13.5. The summed E-state index contributed by atoms with van der Waals surface area (Å²) < 4.78 is 14.4. The molecule has 0 radical (unpaired) electrons. The van der Waals surface area contributed by atoms with Gasteiger partial charge < -0.3 is 34.4 Å². The molecule has 0 aromatic heterocycles. The summed E-state index contributed by atoms with van der Waals surface area (Å²) in [4.78, 5) is 20.4. The van der Waals surface area contributed by atoms with Gasteiger partial charge in [-0.3, -0.25) is 0 Å². The Morgan fingerprint density at radius 1 is 0.714 bits per heavy atom. The van der Waals surface area contributed by atoms with Gasteiger partial charge >= 0.3 is 0 Å². The molecule has 0 aliphatic carbocycles. The quantitative estimate of drug-likeness (QED) is 0.202. The predicted octanol–water partition coefficient (Wildman–Crippen LogP) is 2.87. The van der Waals surface area contributed by atoms with Gasteiger partial charge in [0.2, 0.25) is 0 Å². The number of hydrogen-bond acceptors (Lipinski definition) is 7. The monoisotopic (exact) mass is 425 g/mol. The van der Waals surface area contributed by atoms with Gasteiger partial charge in [0.1, 0.15) is 0 Å². The molecule has 28 heavy (non-hydrogen) atoms. The fraction of sp³-hybridized carbons (Fsp3) is 1.00. The fourth-order valence-electron chi connectivity index (χ4n) is 2.76. The lowest BCUT2D eigenvalue weighted by Gasteiger charge is -2.28. The summed E-state index contributed by atoms with van der Waals surface area (Å²) in [6.07, 6.45) is 17.4. The Balaban J connectivity index is 0. The molecule has 0 aliphatic rings. The molecule has 172 valence electrons. The minimum atomic E-state index is -4.75. The summed E-state index contributed by atoms with van der Waals surface area (Å²) in [5.41, 5.74) is 0. The molecule has 0 spiro atoms. The first kappa shape index (κ1) is 30.2. The number of rotatable bonds is 20. The second-order valence-corrected chi connectivity index (χ2v) is 8.23. The molecule has 8 heteroatoms. The third-order valence-electron chi connectivity index (χ3n) is 4.32. The molecule has 0 aliphatic heterocycles. The molecule has 0 heterocycles. The molecule has 0 atom stereocenters. The van der Waals surface area contributed by atoms with E-state index in [9.17, 15) is 14.4 Å². The Bertz CT molecular complexity index is 324. The van der Waals surface area contributed by atoms with Crippen molar-refractivity contribution in [1.29, 1.82) is 0 Å². The van der Waals surface area contributed by atoms with Crippen LogP contribution in [-0.2, 0) is 9.09 Å². The van der Waals surface area contributed by atoms with E-state index >= 15 is 0 Å². The molecule has 0 fully saturated rings. The SMILES string of the molecule is CCCCCCCCCCCCCCCCOP(=O)([O-])[O-].OCCNCCO. The second kappa shape index (κ2) is 25.0. The van der Waals surface area contributed by atoms with E-state index in [-0.39, 0.29) is 19.8 Å². The normalized spacial score (nSPS) is 11.3. The standard InChI is InChI=1S/C16H35O4P.C4H11NO2/c1-2-3-4-5-6-7-8-9-10-11-12-13-14-15-16-20-21(17,18)19;6-3-1-5-2-4-7/h2-16H2,1H3,(H2,17,18,19);5-7H,1-4H2/p-2. The number of phosphoric acid groups is 1. The maximum atomic E-state index is 10.2. The van der Waals surface area contributed by atoms with Gasteiger partial charge in [0, 0.05) is 13.1 Å². The van der Waals surface area contributed by atoms with Crippen molar-refractivity contribution in [2.24, 2.45) is 0 Å². The molecular formula is C20H44NO6P-2. The molecule has 0 aromatic rings. The molecule has 7 nitrogen and oxygen atoms in total. The summed E-state index contributed by atoms with van der Waals surface area (Å²) in [6.45, 7) is 3.71. The van der Waals surface area contributed by atoms with E-state index < -0.39 is 7.82 Å². The number of aliphatic hydroxyl groups is 2. The molecule has 0 aromatic carbocycles. The number of unbranched alkanes of at least 4 members (excludes halogenated alkanes) is 13. The lowest BCUT2D eigenvalue weighted by molar-refractivity contribution is -0.341. The molecule has 0 rings (SSSR count). The number of hydrogen-bond donors (Lipinski definition) is 3. The van der Waals surface area contributed by atoms with E-state index in [1.165, 1.54) is 70.6 Å². The van der Waals surface area contributed by atoms with Gasteiger partial charge in [-0.15, -0.1) is 0 Å². The van der Waals surface area contributed by atoms with E-state index in [2.05, 4.69) is 16.8 Å². The van der Waals surface area contributed by atoms with Gasteiger partial charge in [0.25, 0.3) is 0 Å². The van der Waals surface area contributed by atoms with Crippen molar-refractivity contribution < 1.29 is 29.1 Å². The Morgan fingerprint density at radius 2 is 1.07 bits per heavy atom. The molecule has 0 saturated carbocycles. The van der Waals surface area contributed by atoms with Gasteiger partial charge in [0.05, 0.1) is 27.6 Å². The van der Waals surface area contributed by atoms with Crippen molar-refractivity contribution in [1.82, 2.24) is 5.32 Å². The van der Waals surface area contributed by atoms with Crippen molar-refractivity contribution >= 4 is 7.82 Å². The molecule has 3 N–H and O–H groups in total. The highest BCUT2D eigenvalue weighted by atomic mass is 31.2. The van der Waals surface area contributed by atoms with Crippen LogP contribution in [0, 0.1) is 0 Å². The highest BCUT2D eigenvalue weighted by Gasteiger charge is 1.95. The van der Waals surface area contributed by atoms with E-state index in [1.54, 1.807) is 0 Å². The minimum Gasteiger partial charge on any atom is -0.790 e. The van der Waals surface area contributed by atoms with Crippen LogP contribution in [0.2, 0.25) is 0 Å². The van der Waals surface area contributed by atoms with Gasteiger partial charge in [-0.05, 0) is 6.42 Å². The van der Waals surface area contributed by atoms with Crippen molar-refractivity contribution in [2.75, 3.05) is 32.9 Å². The molecular weight excluding hydrogens is 381 g/mol. The van der Waals surface area contributed by atoms with Gasteiger partial charge in [0.15, 0.2) is 0 Å². The molecule has 0 bridgehead atoms. The van der Waals surface area contributed by atoms with Crippen molar-refractivity contribution in [3.63, 3.8) is 0 Å². The first-order valence-electron chi connectivity index (χ1n) is 11.1. The predicted molar refractivity (Wildman–Crippen MR) is 111 cm³/mol. The van der Waals surface area contributed by atoms with Gasteiger partial charge in [-0.25, -0.2) is 0 Å². The van der Waals surface area contributed by atoms with Crippen molar-refractivity contribution in [2.45, 2.75) is 96.8 Å². The third-order valence-corrected chi connectivity index (χ3v) is 4.82. The number of nitrogens with one attached hydrogen (secondary N) is 1. The van der Waals surface area contributed by atoms with Crippen LogP contribution < -0.4 is 15.1 Å². The summed E-state index contributed by atoms with van der Waals surface area (Å²) in [7, 11) is -4.75. The Labute approximate surface area is 172 Å². The van der Waals surface area contributed by atoms with Crippen molar-refractivity contribution in [3.8, 4) is 0 Å². The largest absolute Gasteiger partial charge is 0.790 e. The maximum Gasteiger partial charge on any atom is 0.0596 e. The van der Waals surface area contributed by atoms with Crippen LogP contribution >= 0.6 is 7.82 Å². The molecule has 0 saturated heterocycles. The highest BCUT2D eigenvalue weighted by molar-refractivity contribution is 7.43. The Hall–Kier alpha value is -0.0100. The van der Waals surface area contributed by atoms with Crippen LogP contribution in [0.15, 0.2) is 0 Å². The van der Waals surface area contributed by atoms with Crippen LogP contribution in [0.4, 0.5) is 0 Å². The smallest absolute Gasteiger partial charge is 0.0596 e. The average Bonchev–Trinajstić information content (AvgIpc) is 2.65. The zero-order valence-corrected chi connectivity index (χ0v) is 18.8. The Morgan fingerprint density at radius 3 is 1.39 bits per heavy atom. The lowest BCUT2D eigenvalue weighted by Crippen LogP contribution is -2.21. The van der Waals surface area contributed by atoms with Crippen LogP contribution in [0.25, 0.3) is 0 Å². The van der Waals surface area contributed by atoms with Crippen LogP contribution in [0.1, 0.15) is 96.8 Å². The van der Waals surface area contributed by atoms with Crippen LogP contribution in [-0.4, -0.2) is 43.1 Å². The second-order valence-electron chi connectivity index (χ2n) is 7.07. The minimum absolute atomic E-state index is 0.0440. The zero-order chi connectivity index (χ0) is 21.3. The van der Waals surface area contributed by atoms with E-state index in [0.717, 1.165) is 12.8 Å². The third kappa shape index (κ3) is 33.6. The van der Waals surface area contributed by atoms with Crippen molar-refractivity contribution in [3.05, 3.63) is 0 Å². The van der Waals surface area contributed by atoms with Gasteiger partial charge in [-0.1, -0.05) is 90.4 Å². The summed E-state index contributed by atoms with van der Waals surface area (Å²) in [5, 5.41) is 19.1. The topological polar surface area (TPSA) is 125 Å². The Kier molecular flexibility index (Phi) is 27.0. The molecule has 0 unspecified atom stereocenters. The molecule has 0 amide bonds. The number of phosphoric ester groups is 1. The van der Waals surface area contributed by atoms with Crippen LogP contribution in [0.5, 0.6) is 0 Å². The van der Waals surface area contributed by atoms with Gasteiger partial charge in [-0.2, -0.15) is 0 Å². The average molecular weight is 426 g/mol. The summed E-state index contributed by atoms with van der Waals surface area (Å²) in [5.74, 6) is 0. The highest BCUT2D eigenvalue weighted by Crippen LogP contribution is 2.24. The summed E-state index contributed by atoms with van der Waals surface area (Å²) >= 11 is 0. The first-order valence-corrected chi connectivity index (χ1v) is 12.5.